The Labute approximate surface area is 127 Å². The van der Waals surface area contributed by atoms with E-state index in [2.05, 4.69) is 6.92 Å². The Hall–Kier alpha value is -1.77. The average Bonchev–Trinajstić information content (AvgIpc) is 2.53. The SMILES string of the molecule is CCCOc1ccc(C=CC(=O)OC2CCCCC2)cc1. The molecule has 1 aliphatic carbocycles. The first kappa shape index (κ1) is 15.6. The van der Waals surface area contributed by atoms with Gasteiger partial charge in [-0.3, -0.25) is 0 Å². The molecule has 0 saturated heterocycles. The first-order chi connectivity index (χ1) is 10.3. The van der Waals surface area contributed by atoms with Gasteiger partial charge in [-0.25, -0.2) is 4.79 Å². The molecule has 0 amide bonds. The molecule has 1 saturated carbocycles. The Morgan fingerprint density at radius 3 is 2.57 bits per heavy atom. The summed E-state index contributed by atoms with van der Waals surface area (Å²) in [5.74, 6) is 0.618. The molecule has 2 rings (SSSR count). The minimum Gasteiger partial charge on any atom is -0.494 e. The molecule has 114 valence electrons. The van der Waals surface area contributed by atoms with Crippen LogP contribution in [0.5, 0.6) is 5.75 Å². The number of carbonyl (C=O) groups is 1. The van der Waals surface area contributed by atoms with Gasteiger partial charge in [-0.1, -0.05) is 25.5 Å². The molecule has 1 aromatic carbocycles. The molecule has 1 aromatic rings. The molecule has 1 aliphatic rings. The van der Waals surface area contributed by atoms with E-state index in [1.807, 2.05) is 24.3 Å². The molecule has 0 aromatic heterocycles. The van der Waals surface area contributed by atoms with Crippen LogP contribution in [0.2, 0.25) is 0 Å². The fraction of sp³-hybridized carbons (Fsp3) is 0.500. The van der Waals surface area contributed by atoms with Crippen molar-refractivity contribution in [2.75, 3.05) is 6.61 Å². The maximum Gasteiger partial charge on any atom is 0.331 e. The fourth-order valence-corrected chi connectivity index (χ4v) is 2.45. The minimum atomic E-state index is -0.242. The highest BCUT2D eigenvalue weighted by atomic mass is 16.5. The predicted octanol–water partition coefficient (Wildman–Crippen LogP) is 4.36. The van der Waals surface area contributed by atoms with Gasteiger partial charge < -0.3 is 9.47 Å². The van der Waals surface area contributed by atoms with Crippen LogP contribution in [0.15, 0.2) is 30.3 Å². The largest absolute Gasteiger partial charge is 0.494 e. The number of hydrogen-bond acceptors (Lipinski definition) is 3. The number of benzene rings is 1. The van der Waals surface area contributed by atoms with E-state index < -0.39 is 0 Å². The third-order valence-corrected chi connectivity index (χ3v) is 3.60. The first-order valence-electron chi connectivity index (χ1n) is 7.89. The van der Waals surface area contributed by atoms with E-state index in [9.17, 15) is 4.79 Å². The Bertz CT molecular complexity index is 456. The Morgan fingerprint density at radius 2 is 1.90 bits per heavy atom. The summed E-state index contributed by atoms with van der Waals surface area (Å²) in [6.07, 6.45) is 10.0. The van der Waals surface area contributed by atoms with Crippen LogP contribution in [0, 0.1) is 0 Å². The lowest BCUT2D eigenvalue weighted by Crippen LogP contribution is -2.19. The molecular weight excluding hydrogens is 264 g/mol. The van der Waals surface area contributed by atoms with Gasteiger partial charge in [0.2, 0.25) is 0 Å². The fourth-order valence-electron chi connectivity index (χ4n) is 2.45. The lowest BCUT2D eigenvalue weighted by molar-refractivity contribution is -0.144. The third-order valence-electron chi connectivity index (χ3n) is 3.60. The zero-order chi connectivity index (χ0) is 14.9. The molecule has 0 radical (unpaired) electrons. The second-order valence-corrected chi connectivity index (χ2v) is 5.45. The summed E-state index contributed by atoms with van der Waals surface area (Å²) in [5, 5.41) is 0. The third kappa shape index (κ3) is 5.62. The summed E-state index contributed by atoms with van der Waals surface area (Å²) < 4.78 is 11.0. The minimum absolute atomic E-state index is 0.112. The van der Waals surface area contributed by atoms with Gasteiger partial charge in [0, 0.05) is 6.08 Å². The van der Waals surface area contributed by atoms with Gasteiger partial charge in [0.15, 0.2) is 0 Å². The number of ether oxygens (including phenoxy) is 2. The highest BCUT2D eigenvalue weighted by Gasteiger charge is 2.16. The summed E-state index contributed by atoms with van der Waals surface area (Å²) in [5.41, 5.74) is 0.972. The average molecular weight is 288 g/mol. The van der Waals surface area contributed by atoms with E-state index in [4.69, 9.17) is 9.47 Å². The topological polar surface area (TPSA) is 35.5 Å². The standard InChI is InChI=1S/C18H24O3/c1-2-14-20-16-11-8-15(9-12-16)10-13-18(19)21-17-6-4-3-5-7-17/h8-13,17H,2-7,14H2,1H3. The molecular formula is C18H24O3. The second-order valence-electron chi connectivity index (χ2n) is 5.45. The molecule has 0 aliphatic heterocycles. The van der Waals surface area contributed by atoms with Crippen molar-refractivity contribution in [2.45, 2.75) is 51.6 Å². The number of esters is 1. The van der Waals surface area contributed by atoms with Crippen LogP contribution in [0.1, 0.15) is 51.0 Å². The van der Waals surface area contributed by atoms with Crippen LogP contribution in [-0.4, -0.2) is 18.7 Å². The van der Waals surface area contributed by atoms with Gasteiger partial charge in [-0.05, 0) is 55.9 Å². The Morgan fingerprint density at radius 1 is 1.19 bits per heavy atom. The van der Waals surface area contributed by atoms with Gasteiger partial charge in [0.25, 0.3) is 0 Å². The van der Waals surface area contributed by atoms with E-state index in [-0.39, 0.29) is 12.1 Å². The van der Waals surface area contributed by atoms with Crippen molar-refractivity contribution in [3.05, 3.63) is 35.9 Å². The number of hydrogen-bond donors (Lipinski definition) is 0. The quantitative estimate of drug-likeness (QED) is 0.576. The van der Waals surface area contributed by atoms with Crippen molar-refractivity contribution in [3.8, 4) is 5.75 Å². The van der Waals surface area contributed by atoms with Gasteiger partial charge in [0.1, 0.15) is 11.9 Å². The summed E-state index contributed by atoms with van der Waals surface area (Å²) in [7, 11) is 0. The zero-order valence-corrected chi connectivity index (χ0v) is 12.7. The van der Waals surface area contributed by atoms with E-state index in [1.165, 1.54) is 25.3 Å². The van der Waals surface area contributed by atoms with Crippen molar-refractivity contribution in [3.63, 3.8) is 0 Å². The van der Waals surface area contributed by atoms with Crippen LogP contribution >= 0.6 is 0 Å². The monoisotopic (exact) mass is 288 g/mol. The van der Waals surface area contributed by atoms with Crippen molar-refractivity contribution in [1.29, 1.82) is 0 Å². The molecule has 0 unspecified atom stereocenters. The highest BCUT2D eigenvalue weighted by molar-refractivity contribution is 5.87. The Kier molecular flexibility index (Phi) is 6.32. The summed E-state index contributed by atoms with van der Waals surface area (Å²) in [6, 6.07) is 7.72. The maximum atomic E-state index is 11.8. The van der Waals surface area contributed by atoms with Crippen LogP contribution in [0.4, 0.5) is 0 Å². The zero-order valence-electron chi connectivity index (χ0n) is 12.7. The van der Waals surface area contributed by atoms with Crippen LogP contribution in [0.25, 0.3) is 6.08 Å². The molecule has 1 fully saturated rings. The summed E-state index contributed by atoms with van der Waals surface area (Å²) >= 11 is 0. The van der Waals surface area contributed by atoms with Crippen molar-refractivity contribution < 1.29 is 14.3 Å². The molecule has 0 atom stereocenters. The summed E-state index contributed by atoms with van der Waals surface area (Å²) in [4.78, 5) is 11.8. The van der Waals surface area contributed by atoms with Gasteiger partial charge >= 0.3 is 5.97 Å². The molecule has 3 heteroatoms. The van der Waals surface area contributed by atoms with E-state index in [1.54, 1.807) is 6.08 Å². The van der Waals surface area contributed by atoms with Gasteiger partial charge in [0.05, 0.1) is 6.61 Å². The maximum absolute atomic E-state index is 11.8. The van der Waals surface area contributed by atoms with Crippen molar-refractivity contribution >= 4 is 12.0 Å². The van der Waals surface area contributed by atoms with Crippen LogP contribution < -0.4 is 4.74 Å². The Balaban J connectivity index is 1.80. The van der Waals surface area contributed by atoms with Crippen LogP contribution in [-0.2, 0) is 9.53 Å². The lowest BCUT2D eigenvalue weighted by atomic mass is 9.98. The first-order valence-corrected chi connectivity index (χ1v) is 7.89. The molecule has 3 nitrogen and oxygen atoms in total. The summed E-state index contributed by atoms with van der Waals surface area (Å²) in [6.45, 7) is 2.80. The molecule has 0 spiro atoms. The van der Waals surface area contributed by atoms with Gasteiger partial charge in [-0.15, -0.1) is 0 Å². The van der Waals surface area contributed by atoms with E-state index in [0.29, 0.717) is 0 Å². The number of carbonyl (C=O) groups excluding carboxylic acids is 1. The van der Waals surface area contributed by atoms with Gasteiger partial charge in [-0.2, -0.15) is 0 Å². The van der Waals surface area contributed by atoms with E-state index in [0.717, 1.165) is 37.2 Å². The second kappa shape index (κ2) is 8.50. The molecule has 21 heavy (non-hydrogen) atoms. The predicted molar refractivity (Wildman–Crippen MR) is 84.2 cm³/mol. The van der Waals surface area contributed by atoms with E-state index >= 15 is 0 Å². The molecule has 0 heterocycles. The molecule has 0 bridgehead atoms. The normalized spacial score (nSPS) is 16.0. The van der Waals surface area contributed by atoms with Crippen molar-refractivity contribution in [1.82, 2.24) is 0 Å². The van der Waals surface area contributed by atoms with Crippen molar-refractivity contribution in [2.24, 2.45) is 0 Å². The molecule has 0 N–H and O–H groups in total. The highest BCUT2D eigenvalue weighted by Crippen LogP contribution is 2.20. The van der Waals surface area contributed by atoms with Crippen LogP contribution in [0.3, 0.4) is 0 Å². The lowest BCUT2D eigenvalue weighted by Gasteiger charge is -2.20. The smallest absolute Gasteiger partial charge is 0.331 e. The number of rotatable bonds is 6.